The Morgan fingerprint density at radius 2 is 1.88 bits per heavy atom. The number of para-hydroxylation sites is 2. The zero-order valence-corrected chi connectivity index (χ0v) is 15.1. The van der Waals surface area contributed by atoms with Crippen LogP contribution in [0.25, 0.3) is 0 Å². The summed E-state index contributed by atoms with van der Waals surface area (Å²) in [6, 6.07) is 5.82. The lowest BCUT2D eigenvalue weighted by Crippen LogP contribution is -2.45. The highest BCUT2D eigenvalue weighted by atomic mass is 19.4. The van der Waals surface area contributed by atoms with E-state index >= 15 is 0 Å². The maximum absolute atomic E-state index is 13.7. The Morgan fingerprint density at radius 1 is 1.19 bits per heavy atom. The molecule has 144 valence electrons. The Kier molecular flexibility index (Phi) is 7.06. The van der Waals surface area contributed by atoms with Crippen LogP contribution in [-0.2, 0) is 9.53 Å². The van der Waals surface area contributed by atoms with Crippen molar-refractivity contribution >= 4 is 23.1 Å². The molecule has 0 spiro atoms. The minimum Gasteiger partial charge on any atom is -0.468 e. The van der Waals surface area contributed by atoms with E-state index in [-0.39, 0.29) is 5.69 Å². The van der Waals surface area contributed by atoms with Gasteiger partial charge in [0.15, 0.2) is 0 Å². The molecule has 1 aromatic rings. The molecule has 0 aliphatic carbocycles. The van der Waals surface area contributed by atoms with Crippen LogP contribution >= 0.6 is 0 Å². The van der Waals surface area contributed by atoms with Gasteiger partial charge in [0.1, 0.15) is 11.6 Å². The fourth-order valence-corrected chi connectivity index (χ4v) is 3.22. The fraction of sp³-hybridized carbons (Fsp3) is 0.579. The highest BCUT2D eigenvalue weighted by Crippen LogP contribution is 2.37. The number of carbonyl (C=O) groups excluding carboxylic acids is 1. The smallest absolute Gasteiger partial charge is 0.430 e. The summed E-state index contributed by atoms with van der Waals surface area (Å²) < 4.78 is 45.7. The predicted octanol–water partition coefficient (Wildman–Crippen LogP) is 5.27. The van der Waals surface area contributed by atoms with Crippen LogP contribution in [0.3, 0.4) is 0 Å². The van der Waals surface area contributed by atoms with Crippen molar-refractivity contribution in [1.82, 2.24) is 0 Å². The van der Waals surface area contributed by atoms with Gasteiger partial charge >= 0.3 is 12.1 Å². The zero-order chi connectivity index (χ0) is 19.2. The highest BCUT2D eigenvalue weighted by Gasteiger charge is 2.48. The van der Waals surface area contributed by atoms with Crippen molar-refractivity contribution in [2.45, 2.75) is 57.7 Å². The Hall–Kier alpha value is -2.05. The Morgan fingerprint density at radius 3 is 2.54 bits per heavy atom. The molecule has 1 N–H and O–H groups in total. The second kappa shape index (κ2) is 9.05. The van der Waals surface area contributed by atoms with Gasteiger partial charge in [-0.15, -0.1) is 0 Å². The molecule has 0 aromatic heterocycles. The van der Waals surface area contributed by atoms with E-state index in [0.29, 0.717) is 12.1 Å². The first-order valence-electron chi connectivity index (χ1n) is 8.97. The molecule has 2 rings (SSSR count). The van der Waals surface area contributed by atoms with Crippen molar-refractivity contribution in [2.75, 3.05) is 12.4 Å². The van der Waals surface area contributed by atoms with E-state index < -0.39 is 29.8 Å². The molecular formula is C19H25F3N2O2. The minimum absolute atomic E-state index is 0.183. The van der Waals surface area contributed by atoms with E-state index in [4.69, 9.17) is 0 Å². The van der Waals surface area contributed by atoms with Crippen LogP contribution < -0.4 is 5.32 Å². The van der Waals surface area contributed by atoms with Crippen LogP contribution in [0.15, 0.2) is 29.3 Å². The molecule has 0 amide bonds. The van der Waals surface area contributed by atoms with Crippen molar-refractivity contribution < 1.29 is 22.7 Å². The lowest BCUT2D eigenvalue weighted by Gasteiger charge is -2.27. The van der Waals surface area contributed by atoms with Gasteiger partial charge in [0.05, 0.1) is 18.5 Å². The molecule has 26 heavy (non-hydrogen) atoms. The Bertz CT molecular complexity index is 644. The summed E-state index contributed by atoms with van der Waals surface area (Å²) in [5.41, 5.74) is -0.415. The summed E-state index contributed by atoms with van der Waals surface area (Å²) in [6.07, 6.45) is 0.591. The molecule has 0 radical (unpaired) electrons. The average molecular weight is 370 g/mol. The molecule has 2 atom stereocenters. The average Bonchev–Trinajstić information content (AvgIpc) is 2.77. The summed E-state index contributed by atoms with van der Waals surface area (Å²) >= 11 is 0. The number of anilines is 1. The number of nitrogens with one attached hydrogen (secondary N) is 1. The number of hydrogen-bond donors (Lipinski definition) is 1. The monoisotopic (exact) mass is 370 g/mol. The SMILES string of the molecule is CCCCCCC[C@H]1Nc2ccccc2N=C(C(F)(F)F)[C@H]1C(=O)OC. The van der Waals surface area contributed by atoms with Crippen molar-refractivity contribution in [2.24, 2.45) is 10.9 Å². The van der Waals surface area contributed by atoms with E-state index in [0.717, 1.165) is 39.2 Å². The molecule has 1 aromatic carbocycles. The molecule has 1 heterocycles. The summed E-state index contributed by atoms with van der Waals surface area (Å²) in [5.74, 6) is -2.40. The number of alkyl halides is 3. The van der Waals surface area contributed by atoms with Gasteiger partial charge in [-0.1, -0.05) is 51.2 Å². The lowest BCUT2D eigenvalue weighted by atomic mass is 9.89. The number of unbranched alkanes of at least 4 members (excludes halogenated alkanes) is 4. The third-order valence-electron chi connectivity index (χ3n) is 4.55. The highest BCUT2D eigenvalue weighted by molar-refractivity contribution is 6.08. The van der Waals surface area contributed by atoms with E-state index in [2.05, 4.69) is 22.0 Å². The van der Waals surface area contributed by atoms with Crippen LogP contribution in [0.2, 0.25) is 0 Å². The van der Waals surface area contributed by atoms with Crippen molar-refractivity contribution in [1.29, 1.82) is 0 Å². The molecular weight excluding hydrogens is 345 g/mol. The number of ether oxygens (including phenoxy) is 1. The van der Waals surface area contributed by atoms with Gasteiger partial charge in [0.25, 0.3) is 0 Å². The van der Waals surface area contributed by atoms with E-state index in [9.17, 15) is 18.0 Å². The molecule has 0 saturated heterocycles. The summed E-state index contributed by atoms with van der Waals surface area (Å²) in [7, 11) is 1.10. The van der Waals surface area contributed by atoms with E-state index in [1.807, 2.05) is 0 Å². The Labute approximate surface area is 151 Å². The number of benzene rings is 1. The molecule has 1 aliphatic heterocycles. The van der Waals surface area contributed by atoms with Gasteiger partial charge in [0.2, 0.25) is 0 Å². The van der Waals surface area contributed by atoms with Gasteiger partial charge in [0, 0.05) is 6.04 Å². The molecule has 1 aliphatic rings. The molecule has 4 nitrogen and oxygen atoms in total. The van der Waals surface area contributed by atoms with Crippen LogP contribution in [0.1, 0.15) is 45.4 Å². The summed E-state index contributed by atoms with van der Waals surface area (Å²) in [4.78, 5) is 16.0. The molecule has 0 bridgehead atoms. The van der Waals surface area contributed by atoms with Crippen LogP contribution in [-0.4, -0.2) is 31.0 Å². The number of halogens is 3. The zero-order valence-electron chi connectivity index (χ0n) is 15.1. The molecule has 7 heteroatoms. The lowest BCUT2D eigenvalue weighted by molar-refractivity contribution is -0.145. The summed E-state index contributed by atoms with van der Waals surface area (Å²) in [6.45, 7) is 2.10. The number of carbonyl (C=O) groups is 1. The molecule has 0 fully saturated rings. The maximum atomic E-state index is 13.7. The number of nitrogens with zero attached hydrogens (tertiary/aromatic N) is 1. The minimum atomic E-state index is -4.71. The third-order valence-corrected chi connectivity index (χ3v) is 4.55. The Balaban J connectivity index is 2.34. The first kappa shape index (κ1) is 20.3. The fourth-order valence-electron chi connectivity index (χ4n) is 3.22. The molecule has 0 unspecified atom stereocenters. The van der Waals surface area contributed by atoms with Gasteiger partial charge in [-0.05, 0) is 18.6 Å². The van der Waals surface area contributed by atoms with Crippen LogP contribution in [0.4, 0.5) is 24.5 Å². The normalized spacial score (nSPS) is 19.8. The van der Waals surface area contributed by atoms with Gasteiger partial charge in [-0.3, -0.25) is 4.79 Å². The number of rotatable bonds is 7. The van der Waals surface area contributed by atoms with Gasteiger partial charge in [-0.25, -0.2) is 4.99 Å². The predicted molar refractivity (Wildman–Crippen MR) is 95.9 cm³/mol. The first-order chi connectivity index (χ1) is 12.4. The van der Waals surface area contributed by atoms with Gasteiger partial charge < -0.3 is 10.1 Å². The van der Waals surface area contributed by atoms with Crippen molar-refractivity contribution in [3.8, 4) is 0 Å². The first-order valence-corrected chi connectivity index (χ1v) is 8.97. The second-order valence-corrected chi connectivity index (χ2v) is 6.47. The number of fused-ring (bicyclic) bond motifs is 1. The van der Waals surface area contributed by atoms with Crippen LogP contribution in [0, 0.1) is 5.92 Å². The topological polar surface area (TPSA) is 50.7 Å². The standard InChI is InChI=1S/C19H25F3N2O2/c1-3-4-5-6-7-12-15-16(18(25)26-2)17(19(20,21)22)24-14-11-9-8-10-13(14)23-15/h8-11,15-16,23H,3-7,12H2,1-2H3/t15-,16+/m1/s1. The maximum Gasteiger partial charge on any atom is 0.430 e. The molecule has 0 saturated carbocycles. The number of hydrogen-bond acceptors (Lipinski definition) is 4. The van der Waals surface area contributed by atoms with Crippen molar-refractivity contribution in [3.63, 3.8) is 0 Å². The number of aliphatic imine (C=N–C) groups is 1. The van der Waals surface area contributed by atoms with E-state index in [1.54, 1.807) is 18.2 Å². The largest absolute Gasteiger partial charge is 0.468 e. The third kappa shape index (κ3) is 4.99. The number of methoxy groups -OCH3 is 1. The second-order valence-electron chi connectivity index (χ2n) is 6.47. The summed E-state index contributed by atoms with van der Waals surface area (Å²) in [5, 5.41) is 3.10. The van der Waals surface area contributed by atoms with Gasteiger partial charge in [-0.2, -0.15) is 13.2 Å². The van der Waals surface area contributed by atoms with E-state index in [1.165, 1.54) is 6.07 Å². The van der Waals surface area contributed by atoms with Crippen molar-refractivity contribution in [3.05, 3.63) is 24.3 Å². The quantitative estimate of drug-likeness (QED) is 0.526. The number of esters is 1. The van der Waals surface area contributed by atoms with Crippen LogP contribution in [0.5, 0.6) is 0 Å².